The molecule has 0 unspecified atom stereocenters. The number of nitrogens with two attached hydrogens (primary N) is 1. The van der Waals surface area contributed by atoms with Crippen LogP contribution >= 0.6 is 0 Å². The van der Waals surface area contributed by atoms with E-state index in [4.69, 9.17) is 10.5 Å². The van der Waals surface area contributed by atoms with Gasteiger partial charge in [-0.1, -0.05) is 18.2 Å². The first-order valence-corrected chi connectivity index (χ1v) is 4.91. The van der Waals surface area contributed by atoms with Crippen LogP contribution in [-0.4, -0.2) is 26.3 Å². The van der Waals surface area contributed by atoms with E-state index in [1.165, 1.54) is 11.3 Å². The van der Waals surface area contributed by atoms with E-state index in [1.54, 1.807) is 0 Å². The Kier molecular flexibility index (Phi) is 2.70. The smallest absolute Gasteiger partial charge is 0.0754 e. The van der Waals surface area contributed by atoms with Crippen LogP contribution in [0.2, 0.25) is 0 Å². The molecule has 2 rings (SSSR count). The molecule has 1 heterocycles. The van der Waals surface area contributed by atoms with E-state index >= 15 is 0 Å². The van der Waals surface area contributed by atoms with E-state index in [9.17, 15) is 0 Å². The lowest BCUT2D eigenvalue weighted by Crippen LogP contribution is -2.47. The zero-order valence-electron chi connectivity index (χ0n) is 8.44. The third-order valence-corrected chi connectivity index (χ3v) is 2.76. The van der Waals surface area contributed by atoms with Crippen LogP contribution in [0.4, 0.5) is 5.69 Å². The predicted molar refractivity (Wildman–Crippen MR) is 57.3 cm³/mol. The molecule has 3 nitrogen and oxygen atoms in total. The monoisotopic (exact) mass is 192 g/mol. The molecule has 1 aromatic rings. The molecule has 0 bridgehead atoms. The molecule has 1 fully saturated rings. The van der Waals surface area contributed by atoms with E-state index in [-0.39, 0.29) is 0 Å². The van der Waals surface area contributed by atoms with Crippen LogP contribution in [0.15, 0.2) is 24.3 Å². The fraction of sp³-hybridized carbons (Fsp3) is 0.455. The lowest BCUT2D eigenvalue weighted by Gasteiger charge is -2.37. The summed E-state index contributed by atoms with van der Waals surface area (Å²) in [5.74, 6) is 0. The zero-order chi connectivity index (χ0) is 9.97. The molecule has 0 radical (unpaired) electrons. The normalized spacial score (nSPS) is 16.4. The van der Waals surface area contributed by atoms with Crippen molar-refractivity contribution in [2.75, 3.05) is 25.2 Å². The number of rotatable bonds is 3. The van der Waals surface area contributed by atoms with Gasteiger partial charge in [0.05, 0.1) is 19.3 Å². The molecular formula is C11H16N2O. The van der Waals surface area contributed by atoms with Gasteiger partial charge in [0, 0.05) is 19.3 Å². The molecule has 1 aliphatic heterocycles. The van der Waals surface area contributed by atoms with Crippen LogP contribution in [0.5, 0.6) is 0 Å². The third kappa shape index (κ3) is 1.61. The summed E-state index contributed by atoms with van der Waals surface area (Å²) in [6, 6.07) is 8.77. The summed E-state index contributed by atoms with van der Waals surface area (Å²) in [6.45, 7) is 2.25. The number of benzene rings is 1. The highest BCUT2D eigenvalue weighted by atomic mass is 16.5. The molecule has 0 aliphatic carbocycles. The molecule has 76 valence electrons. The van der Waals surface area contributed by atoms with E-state index in [0.717, 1.165) is 13.2 Å². The Morgan fingerprint density at radius 2 is 2.14 bits per heavy atom. The number of likely N-dealkylation sites (N-methyl/N-ethyl adjacent to an activating group) is 1. The van der Waals surface area contributed by atoms with Crippen molar-refractivity contribution in [1.29, 1.82) is 0 Å². The van der Waals surface area contributed by atoms with Crippen molar-refractivity contribution in [1.82, 2.24) is 0 Å². The highest BCUT2D eigenvalue weighted by Gasteiger charge is 2.24. The first-order valence-electron chi connectivity index (χ1n) is 4.91. The first kappa shape index (κ1) is 9.49. The van der Waals surface area contributed by atoms with Crippen molar-refractivity contribution in [2.45, 2.75) is 12.6 Å². The molecule has 1 aromatic carbocycles. The first-order chi connectivity index (χ1) is 6.83. The lowest BCUT2D eigenvalue weighted by molar-refractivity contribution is 0.0101. The number of hydrogen-bond acceptors (Lipinski definition) is 3. The Bertz CT molecular complexity index is 310. The summed E-state index contributed by atoms with van der Waals surface area (Å²) < 4.78 is 5.18. The van der Waals surface area contributed by atoms with Crippen LogP contribution in [0.3, 0.4) is 0 Å². The quantitative estimate of drug-likeness (QED) is 0.776. The van der Waals surface area contributed by atoms with Gasteiger partial charge >= 0.3 is 0 Å². The van der Waals surface area contributed by atoms with E-state index in [2.05, 4.69) is 24.1 Å². The summed E-state index contributed by atoms with van der Waals surface area (Å²) in [5.41, 5.74) is 8.11. The maximum Gasteiger partial charge on any atom is 0.0754 e. The van der Waals surface area contributed by atoms with Crippen molar-refractivity contribution >= 4 is 5.69 Å². The van der Waals surface area contributed by atoms with Gasteiger partial charge in [0.1, 0.15) is 0 Å². The Morgan fingerprint density at radius 1 is 1.43 bits per heavy atom. The minimum absolute atomic E-state index is 0.516. The third-order valence-electron chi connectivity index (χ3n) is 2.76. The topological polar surface area (TPSA) is 38.5 Å². The van der Waals surface area contributed by atoms with Crippen molar-refractivity contribution in [3.05, 3.63) is 29.8 Å². The second-order valence-corrected chi connectivity index (χ2v) is 3.64. The molecule has 1 saturated heterocycles. The average Bonchev–Trinajstić information content (AvgIpc) is 2.15. The van der Waals surface area contributed by atoms with Gasteiger partial charge in [0.2, 0.25) is 0 Å². The number of ether oxygens (including phenoxy) is 1. The molecule has 0 saturated carbocycles. The molecular weight excluding hydrogens is 176 g/mol. The van der Waals surface area contributed by atoms with Crippen LogP contribution < -0.4 is 10.6 Å². The van der Waals surface area contributed by atoms with Gasteiger partial charge in [-0.15, -0.1) is 0 Å². The van der Waals surface area contributed by atoms with Crippen LogP contribution in [0.25, 0.3) is 0 Å². The highest BCUT2D eigenvalue weighted by molar-refractivity contribution is 5.54. The number of hydrogen-bond donors (Lipinski definition) is 1. The van der Waals surface area contributed by atoms with Gasteiger partial charge in [-0.3, -0.25) is 0 Å². The predicted octanol–water partition coefficient (Wildman–Crippen LogP) is 0.980. The molecule has 2 N–H and O–H groups in total. The van der Waals surface area contributed by atoms with E-state index < -0.39 is 0 Å². The second kappa shape index (κ2) is 3.98. The van der Waals surface area contributed by atoms with Crippen molar-refractivity contribution in [2.24, 2.45) is 5.73 Å². The summed E-state index contributed by atoms with van der Waals surface area (Å²) in [5, 5.41) is 0. The van der Waals surface area contributed by atoms with Gasteiger partial charge in [0.25, 0.3) is 0 Å². The highest BCUT2D eigenvalue weighted by Crippen LogP contribution is 2.23. The van der Waals surface area contributed by atoms with Crippen molar-refractivity contribution < 1.29 is 4.74 Å². The number of para-hydroxylation sites is 1. The fourth-order valence-corrected chi connectivity index (χ4v) is 1.67. The Balaban J connectivity index is 2.20. The zero-order valence-corrected chi connectivity index (χ0v) is 8.44. The molecule has 0 aromatic heterocycles. The van der Waals surface area contributed by atoms with E-state index in [1.807, 2.05) is 12.1 Å². The number of anilines is 1. The van der Waals surface area contributed by atoms with Crippen LogP contribution in [-0.2, 0) is 11.3 Å². The maximum atomic E-state index is 5.69. The fourth-order valence-electron chi connectivity index (χ4n) is 1.67. The summed E-state index contributed by atoms with van der Waals surface area (Å²) >= 11 is 0. The molecule has 0 spiro atoms. The van der Waals surface area contributed by atoms with Gasteiger partial charge in [-0.05, 0) is 11.6 Å². The SMILES string of the molecule is CN(c1ccccc1CN)C1COC1. The molecule has 0 amide bonds. The van der Waals surface area contributed by atoms with Gasteiger partial charge in [-0.25, -0.2) is 0 Å². The minimum Gasteiger partial charge on any atom is -0.377 e. The van der Waals surface area contributed by atoms with Crippen LogP contribution in [0, 0.1) is 0 Å². The standard InChI is InChI=1S/C11H16N2O/c1-13(10-7-14-8-10)11-5-3-2-4-9(11)6-12/h2-5,10H,6-8,12H2,1H3. The molecule has 14 heavy (non-hydrogen) atoms. The largest absolute Gasteiger partial charge is 0.377 e. The van der Waals surface area contributed by atoms with E-state index in [0.29, 0.717) is 12.6 Å². The lowest BCUT2D eigenvalue weighted by atomic mass is 10.1. The van der Waals surface area contributed by atoms with Gasteiger partial charge < -0.3 is 15.4 Å². The van der Waals surface area contributed by atoms with Gasteiger partial charge in [0.15, 0.2) is 0 Å². The maximum absolute atomic E-state index is 5.69. The Morgan fingerprint density at radius 3 is 2.71 bits per heavy atom. The van der Waals surface area contributed by atoms with Crippen molar-refractivity contribution in [3.63, 3.8) is 0 Å². The molecule has 1 aliphatic rings. The summed E-state index contributed by atoms with van der Waals surface area (Å²) in [7, 11) is 2.10. The Labute approximate surface area is 84.5 Å². The van der Waals surface area contributed by atoms with Gasteiger partial charge in [-0.2, -0.15) is 0 Å². The second-order valence-electron chi connectivity index (χ2n) is 3.64. The number of nitrogens with zero attached hydrogens (tertiary/aromatic N) is 1. The molecule has 0 atom stereocenters. The summed E-state index contributed by atoms with van der Waals surface area (Å²) in [4.78, 5) is 2.26. The average molecular weight is 192 g/mol. The van der Waals surface area contributed by atoms with Crippen LogP contribution in [0.1, 0.15) is 5.56 Å². The Hall–Kier alpha value is -1.06. The molecule has 3 heteroatoms. The summed E-state index contributed by atoms with van der Waals surface area (Å²) in [6.07, 6.45) is 0. The minimum atomic E-state index is 0.516. The van der Waals surface area contributed by atoms with Crippen molar-refractivity contribution in [3.8, 4) is 0 Å².